The van der Waals surface area contributed by atoms with Crippen molar-refractivity contribution in [2.45, 2.75) is 103 Å². The maximum Gasteiger partial charge on any atom is 0.0935 e. The van der Waals surface area contributed by atoms with Crippen molar-refractivity contribution in [2.75, 3.05) is 0 Å². The number of benzene rings is 1. The molecule has 29 heavy (non-hydrogen) atoms. The van der Waals surface area contributed by atoms with Crippen LogP contribution in [0.4, 0.5) is 0 Å². The fourth-order valence-electron chi connectivity index (χ4n) is 5.53. The SMILES string of the molecule is CC1CCCC(Cc2nc(-c3ccc4c(c3)C(C)(C)CCC4(C)C)cs2)CCC1. The zero-order chi connectivity index (χ0) is 20.6. The highest BCUT2D eigenvalue weighted by Gasteiger charge is 2.37. The van der Waals surface area contributed by atoms with E-state index in [0.29, 0.717) is 0 Å². The molecule has 158 valence electrons. The Bertz CT molecular complexity index is 834. The van der Waals surface area contributed by atoms with E-state index in [4.69, 9.17) is 4.98 Å². The molecule has 2 heteroatoms. The van der Waals surface area contributed by atoms with Crippen LogP contribution in [0.2, 0.25) is 0 Å². The van der Waals surface area contributed by atoms with Gasteiger partial charge in [-0.2, -0.15) is 0 Å². The van der Waals surface area contributed by atoms with Crippen LogP contribution >= 0.6 is 11.3 Å². The number of hydrogen-bond donors (Lipinski definition) is 0. The average Bonchev–Trinajstić information content (AvgIpc) is 3.12. The molecular formula is C27H39NS. The molecule has 1 nitrogen and oxygen atoms in total. The van der Waals surface area contributed by atoms with Gasteiger partial charge in [-0.15, -0.1) is 11.3 Å². The molecule has 0 radical (unpaired) electrons. The number of rotatable bonds is 3. The van der Waals surface area contributed by atoms with E-state index in [1.54, 1.807) is 0 Å². The second-order valence-electron chi connectivity index (χ2n) is 11.2. The predicted octanol–water partition coefficient (Wildman–Crippen LogP) is 8.31. The van der Waals surface area contributed by atoms with Gasteiger partial charge in [-0.1, -0.05) is 85.3 Å². The van der Waals surface area contributed by atoms with Crippen molar-refractivity contribution in [1.82, 2.24) is 4.98 Å². The molecule has 2 aromatic rings. The molecule has 0 bridgehead atoms. The number of fused-ring (bicyclic) bond motifs is 1. The molecule has 0 N–H and O–H groups in total. The van der Waals surface area contributed by atoms with Crippen LogP contribution in [-0.2, 0) is 17.3 Å². The molecule has 1 fully saturated rings. The van der Waals surface area contributed by atoms with Gasteiger partial charge in [0, 0.05) is 17.4 Å². The van der Waals surface area contributed by atoms with Gasteiger partial charge in [0.2, 0.25) is 0 Å². The van der Waals surface area contributed by atoms with Crippen molar-refractivity contribution >= 4 is 11.3 Å². The summed E-state index contributed by atoms with van der Waals surface area (Å²) in [7, 11) is 0. The molecule has 1 heterocycles. The first-order valence-electron chi connectivity index (χ1n) is 11.8. The molecule has 1 aromatic carbocycles. The van der Waals surface area contributed by atoms with E-state index in [0.717, 1.165) is 11.8 Å². The van der Waals surface area contributed by atoms with Crippen molar-refractivity contribution in [3.63, 3.8) is 0 Å². The smallest absolute Gasteiger partial charge is 0.0935 e. The van der Waals surface area contributed by atoms with Crippen LogP contribution in [0.3, 0.4) is 0 Å². The van der Waals surface area contributed by atoms with Gasteiger partial charge >= 0.3 is 0 Å². The van der Waals surface area contributed by atoms with E-state index >= 15 is 0 Å². The molecule has 0 saturated heterocycles. The highest BCUT2D eigenvalue weighted by Crippen LogP contribution is 2.46. The van der Waals surface area contributed by atoms with Gasteiger partial charge in [0.1, 0.15) is 0 Å². The summed E-state index contributed by atoms with van der Waals surface area (Å²) in [4.78, 5) is 5.10. The Kier molecular flexibility index (Phi) is 5.95. The third kappa shape index (κ3) is 4.63. The standard InChI is InChI=1S/C27H39NS/c1-19-8-6-10-20(11-7-9-19)16-25-28-24(18-29-25)21-12-13-22-23(17-21)27(4,5)15-14-26(22,2)3/h12-13,17-20H,6-11,14-16H2,1-5H3. The van der Waals surface area contributed by atoms with Gasteiger partial charge in [-0.3, -0.25) is 0 Å². The highest BCUT2D eigenvalue weighted by atomic mass is 32.1. The van der Waals surface area contributed by atoms with Gasteiger partial charge < -0.3 is 0 Å². The van der Waals surface area contributed by atoms with Gasteiger partial charge in [0.25, 0.3) is 0 Å². The van der Waals surface area contributed by atoms with Crippen LogP contribution in [0.15, 0.2) is 23.6 Å². The Labute approximate surface area is 182 Å². The predicted molar refractivity (Wildman–Crippen MR) is 127 cm³/mol. The average molecular weight is 410 g/mol. The summed E-state index contributed by atoms with van der Waals surface area (Å²) >= 11 is 1.88. The maximum absolute atomic E-state index is 5.10. The second-order valence-corrected chi connectivity index (χ2v) is 12.1. The molecule has 0 aliphatic heterocycles. The van der Waals surface area contributed by atoms with Crippen LogP contribution in [0.5, 0.6) is 0 Å². The summed E-state index contributed by atoms with van der Waals surface area (Å²) < 4.78 is 0. The molecule has 0 atom stereocenters. The normalized spacial score (nSPS) is 26.4. The van der Waals surface area contributed by atoms with E-state index in [2.05, 4.69) is 58.2 Å². The molecular weight excluding hydrogens is 370 g/mol. The summed E-state index contributed by atoms with van der Waals surface area (Å²) in [5.41, 5.74) is 6.11. The molecule has 1 aromatic heterocycles. The Hall–Kier alpha value is -1.15. The summed E-state index contributed by atoms with van der Waals surface area (Å²) in [6.45, 7) is 12.0. The molecule has 0 spiro atoms. The van der Waals surface area contributed by atoms with Crippen molar-refractivity contribution in [1.29, 1.82) is 0 Å². The molecule has 2 aliphatic carbocycles. The minimum atomic E-state index is 0.260. The van der Waals surface area contributed by atoms with E-state index in [1.165, 1.54) is 85.2 Å². The summed E-state index contributed by atoms with van der Waals surface area (Å²) in [5, 5.41) is 3.64. The Morgan fingerprint density at radius 1 is 0.931 bits per heavy atom. The second kappa shape index (κ2) is 8.17. The maximum atomic E-state index is 5.10. The number of hydrogen-bond acceptors (Lipinski definition) is 2. The lowest BCUT2D eigenvalue weighted by atomic mass is 9.63. The lowest BCUT2D eigenvalue weighted by Crippen LogP contribution is -2.33. The van der Waals surface area contributed by atoms with Gasteiger partial charge in [-0.25, -0.2) is 4.98 Å². The fraction of sp³-hybridized carbons (Fsp3) is 0.667. The van der Waals surface area contributed by atoms with Crippen LogP contribution in [0.1, 0.15) is 102 Å². The van der Waals surface area contributed by atoms with Crippen molar-refractivity contribution in [3.05, 3.63) is 39.7 Å². The van der Waals surface area contributed by atoms with E-state index in [1.807, 2.05) is 11.3 Å². The first-order chi connectivity index (χ1) is 13.7. The monoisotopic (exact) mass is 409 g/mol. The van der Waals surface area contributed by atoms with E-state index < -0.39 is 0 Å². The highest BCUT2D eigenvalue weighted by molar-refractivity contribution is 7.09. The van der Waals surface area contributed by atoms with E-state index in [9.17, 15) is 0 Å². The minimum absolute atomic E-state index is 0.260. The number of thiazole rings is 1. The molecule has 0 unspecified atom stereocenters. The third-order valence-electron chi connectivity index (χ3n) is 7.78. The first-order valence-corrected chi connectivity index (χ1v) is 12.7. The quantitative estimate of drug-likeness (QED) is 0.496. The molecule has 2 aliphatic rings. The largest absolute Gasteiger partial charge is 0.241 e. The molecule has 1 saturated carbocycles. The Morgan fingerprint density at radius 2 is 1.59 bits per heavy atom. The van der Waals surface area contributed by atoms with Gasteiger partial charge in [0.05, 0.1) is 10.7 Å². The van der Waals surface area contributed by atoms with Crippen LogP contribution < -0.4 is 0 Å². The number of aromatic nitrogens is 1. The summed E-state index contributed by atoms with van der Waals surface area (Å²) in [6.07, 6.45) is 12.1. The van der Waals surface area contributed by atoms with Crippen LogP contribution in [0, 0.1) is 11.8 Å². The lowest BCUT2D eigenvalue weighted by Gasteiger charge is -2.42. The van der Waals surface area contributed by atoms with Crippen molar-refractivity contribution < 1.29 is 0 Å². The Morgan fingerprint density at radius 3 is 2.28 bits per heavy atom. The van der Waals surface area contributed by atoms with Gasteiger partial charge in [0.15, 0.2) is 0 Å². The third-order valence-corrected chi connectivity index (χ3v) is 8.65. The minimum Gasteiger partial charge on any atom is -0.241 e. The summed E-state index contributed by atoms with van der Waals surface area (Å²) in [5.74, 6) is 1.77. The van der Waals surface area contributed by atoms with Crippen molar-refractivity contribution in [2.24, 2.45) is 11.8 Å². The first kappa shape index (κ1) is 21.1. The van der Waals surface area contributed by atoms with Gasteiger partial charge in [-0.05, 0) is 52.7 Å². The van der Waals surface area contributed by atoms with Crippen LogP contribution in [0.25, 0.3) is 11.3 Å². The van der Waals surface area contributed by atoms with Crippen LogP contribution in [-0.4, -0.2) is 4.98 Å². The molecule has 4 rings (SSSR count). The van der Waals surface area contributed by atoms with Crippen molar-refractivity contribution in [3.8, 4) is 11.3 Å². The van der Waals surface area contributed by atoms with E-state index in [-0.39, 0.29) is 10.8 Å². The fourth-order valence-corrected chi connectivity index (χ4v) is 6.45. The zero-order valence-corrected chi connectivity index (χ0v) is 20.0. The zero-order valence-electron chi connectivity index (χ0n) is 19.2. The number of nitrogens with zero attached hydrogens (tertiary/aromatic N) is 1. The summed E-state index contributed by atoms with van der Waals surface area (Å²) in [6, 6.07) is 7.16. The topological polar surface area (TPSA) is 12.9 Å². The molecule has 0 amide bonds. The Balaban J connectivity index is 1.53. The lowest BCUT2D eigenvalue weighted by molar-refractivity contribution is 0.329.